The van der Waals surface area contributed by atoms with Crippen LogP contribution in [0.1, 0.15) is 44.6 Å². The second kappa shape index (κ2) is 2.61. The van der Waals surface area contributed by atoms with E-state index in [9.17, 15) is 5.11 Å². The predicted octanol–water partition coefficient (Wildman–Crippen LogP) is 2.63. The van der Waals surface area contributed by atoms with Crippen LogP contribution in [0.4, 0.5) is 0 Å². The molecule has 2 rings (SSSR count). The van der Waals surface area contributed by atoms with Gasteiger partial charge in [0.1, 0.15) is 17.1 Å². The Morgan fingerprint density at radius 1 is 1.46 bits per heavy atom. The highest BCUT2D eigenvalue weighted by atomic mass is 16.4. The lowest BCUT2D eigenvalue weighted by atomic mass is 10.1. The van der Waals surface area contributed by atoms with Crippen molar-refractivity contribution in [2.24, 2.45) is 5.92 Å². The second-order valence-corrected chi connectivity index (χ2v) is 4.58. The van der Waals surface area contributed by atoms with Gasteiger partial charge in [0, 0.05) is 5.92 Å². The lowest BCUT2D eigenvalue weighted by Crippen LogP contribution is -2.13. The van der Waals surface area contributed by atoms with Gasteiger partial charge in [0.15, 0.2) is 0 Å². The molecular weight excluding hydrogens is 164 g/mol. The molecule has 13 heavy (non-hydrogen) atoms. The lowest BCUT2D eigenvalue weighted by Gasteiger charge is -2.12. The van der Waals surface area contributed by atoms with Gasteiger partial charge in [-0.05, 0) is 38.3 Å². The highest BCUT2D eigenvalue weighted by Crippen LogP contribution is 2.47. The zero-order chi connectivity index (χ0) is 9.64. The fourth-order valence-electron chi connectivity index (χ4n) is 1.60. The van der Waals surface area contributed by atoms with Gasteiger partial charge in [0.25, 0.3) is 0 Å². The van der Waals surface area contributed by atoms with Gasteiger partial charge >= 0.3 is 0 Å². The largest absolute Gasteiger partial charge is 0.463 e. The minimum atomic E-state index is -0.851. The molecule has 1 fully saturated rings. The van der Waals surface area contributed by atoms with Gasteiger partial charge in [-0.15, -0.1) is 0 Å². The van der Waals surface area contributed by atoms with Crippen molar-refractivity contribution in [2.75, 3.05) is 0 Å². The highest BCUT2D eigenvalue weighted by molar-refractivity contribution is 5.19. The van der Waals surface area contributed by atoms with Crippen LogP contribution in [0.15, 0.2) is 16.5 Å². The smallest absolute Gasteiger partial charge is 0.135 e. The molecule has 1 aliphatic rings. The summed E-state index contributed by atoms with van der Waals surface area (Å²) in [6.07, 6.45) is 1.22. The summed E-state index contributed by atoms with van der Waals surface area (Å²) < 4.78 is 5.59. The third-order valence-electron chi connectivity index (χ3n) is 2.70. The molecule has 0 radical (unpaired) electrons. The molecule has 0 aliphatic heterocycles. The number of hydrogen-bond acceptors (Lipinski definition) is 2. The fourth-order valence-corrected chi connectivity index (χ4v) is 1.60. The normalized spacial score (nSPS) is 27.7. The zero-order valence-electron chi connectivity index (χ0n) is 8.37. The topological polar surface area (TPSA) is 33.4 Å². The predicted molar refractivity (Wildman–Crippen MR) is 50.5 cm³/mol. The lowest BCUT2D eigenvalue weighted by molar-refractivity contribution is 0.0528. The first-order valence-electron chi connectivity index (χ1n) is 4.81. The molecule has 1 saturated carbocycles. The molecule has 0 saturated heterocycles. The van der Waals surface area contributed by atoms with E-state index in [1.54, 1.807) is 13.8 Å². The van der Waals surface area contributed by atoms with E-state index in [2.05, 4.69) is 6.92 Å². The van der Waals surface area contributed by atoms with Crippen molar-refractivity contribution in [1.29, 1.82) is 0 Å². The minimum absolute atomic E-state index is 0.594. The van der Waals surface area contributed by atoms with E-state index >= 15 is 0 Å². The van der Waals surface area contributed by atoms with E-state index in [1.807, 2.05) is 12.1 Å². The van der Waals surface area contributed by atoms with Crippen LogP contribution in [0, 0.1) is 5.92 Å². The molecule has 72 valence electrons. The highest BCUT2D eigenvalue weighted by Gasteiger charge is 2.37. The third-order valence-corrected chi connectivity index (χ3v) is 2.70. The Bertz CT molecular complexity index is 306. The maximum atomic E-state index is 9.68. The molecule has 2 unspecified atom stereocenters. The van der Waals surface area contributed by atoms with Crippen molar-refractivity contribution in [2.45, 2.75) is 38.7 Å². The van der Waals surface area contributed by atoms with Gasteiger partial charge in [-0.1, -0.05) is 6.92 Å². The summed E-state index contributed by atoms with van der Waals surface area (Å²) in [5.74, 6) is 3.04. The van der Waals surface area contributed by atoms with Crippen molar-refractivity contribution in [3.05, 3.63) is 23.7 Å². The quantitative estimate of drug-likeness (QED) is 0.759. The maximum absolute atomic E-state index is 9.68. The number of hydrogen-bond donors (Lipinski definition) is 1. The van der Waals surface area contributed by atoms with Gasteiger partial charge in [-0.25, -0.2) is 0 Å². The van der Waals surface area contributed by atoms with Crippen molar-refractivity contribution >= 4 is 0 Å². The van der Waals surface area contributed by atoms with Crippen molar-refractivity contribution in [3.8, 4) is 0 Å². The van der Waals surface area contributed by atoms with E-state index < -0.39 is 5.60 Å². The Balaban J connectivity index is 2.19. The second-order valence-electron chi connectivity index (χ2n) is 4.58. The van der Waals surface area contributed by atoms with Gasteiger partial charge in [0.05, 0.1) is 0 Å². The van der Waals surface area contributed by atoms with Crippen LogP contribution in [-0.2, 0) is 5.60 Å². The third kappa shape index (κ3) is 1.63. The molecule has 1 aliphatic carbocycles. The van der Waals surface area contributed by atoms with Crippen LogP contribution < -0.4 is 0 Å². The van der Waals surface area contributed by atoms with E-state index in [1.165, 1.54) is 6.42 Å². The Morgan fingerprint density at radius 3 is 2.46 bits per heavy atom. The Labute approximate surface area is 78.6 Å². The molecule has 1 heterocycles. The first-order chi connectivity index (χ1) is 5.98. The van der Waals surface area contributed by atoms with E-state index in [4.69, 9.17) is 4.42 Å². The molecule has 1 N–H and O–H groups in total. The minimum Gasteiger partial charge on any atom is -0.463 e. The molecule has 0 aromatic carbocycles. The van der Waals surface area contributed by atoms with Gasteiger partial charge in [-0.2, -0.15) is 0 Å². The van der Waals surface area contributed by atoms with Crippen molar-refractivity contribution in [3.63, 3.8) is 0 Å². The number of furan rings is 1. The summed E-state index contributed by atoms with van der Waals surface area (Å²) in [6.45, 7) is 5.70. The molecule has 0 bridgehead atoms. The standard InChI is InChI=1S/C11H16O2/c1-7-6-8(7)9-4-5-10(13-9)11(2,3)12/h4-5,7-8,12H,6H2,1-3H3. The molecular formula is C11H16O2. The first-order valence-corrected chi connectivity index (χ1v) is 4.81. The summed E-state index contributed by atoms with van der Waals surface area (Å²) in [6, 6.07) is 3.86. The van der Waals surface area contributed by atoms with Gasteiger partial charge in [0.2, 0.25) is 0 Å². The van der Waals surface area contributed by atoms with E-state index in [-0.39, 0.29) is 0 Å². The van der Waals surface area contributed by atoms with Crippen LogP contribution in [0.5, 0.6) is 0 Å². The fraction of sp³-hybridized carbons (Fsp3) is 0.636. The monoisotopic (exact) mass is 180 g/mol. The van der Waals surface area contributed by atoms with Crippen molar-refractivity contribution in [1.82, 2.24) is 0 Å². The summed E-state index contributed by atoms with van der Waals surface area (Å²) in [4.78, 5) is 0. The summed E-state index contributed by atoms with van der Waals surface area (Å²) in [7, 11) is 0. The average molecular weight is 180 g/mol. The first kappa shape index (κ1) is 8.82. The SMILES string of the molecule is CC1CC1c1ccc(C(C)(C)O)o1. The molecule has 1 aromatic heterocycles. The van der Waals surface area contributed by atoms with Crippen LogP contribution >= 0.6 is 0 Å². The summed E-state index contributed by atoms with van der Waals surface area (Å²) in [5, 5.41) is 9.68. The zero-order valence-corrected chi connectivity index (χ0v) is 8.37. The summed E-state index contributed by atoms with van der Waals surface area (Å²) >= 11 is 0. The number of rotatable bonds is 2. The van der Waals surface area contributed by atoms with Gasteiger partial charge < -0.3 is 9.52 Å². The van der Waals surface area contributed by atoms with Crippen LogP contribution in [-0.4, -0.2) is 5.11 Å². The Kier molecular flexibility index (Phi) is 1.77. The molecule has 2 atom stereocenters. The Morgan fingerprint density at radius 2 is 2.08 bits per heavy atom. The Hall–Kier alpha value is -0.760. The van der Waals surface area contributed by atoms with Crippen LogP contribution in [0.25, 0.3) is 0 Å². The molecule has 2 nitrogen and oxygen atoms in total. The molecule has 0 spiro atoms. The maximum Gasteiger partial charge on any atom is 0.135 e. The molecule has 2 heteroatoms. The number of aliphatic hydroxyl groups is 1. The van der Waals surface area contributed by atoms with E-state index in [0.717, 1.165) is 11.7 Å². The van der Waals surface area contributed by atoms with Crippen LogP contribution in [0.3, 0.4) is 0 Å². The average Bonchev–Trinajstić information content (AvgIpc) is 2.57. The van der Waals surface area contributed by atoms with Gasteiger partial charge in [-0.3, -0.25) is 0 Å². The van der Waals surface area contributed by atoms with E-state index in [0.29, 0.717) is 11.7 Å². The summed E-state index contributed by atoms with van der Waals surface area (Å²) in [5.41, 5.74) is -0.851. The van der Waals surface area contributed by atoms with Crippen LogP contribution in [0.2, 0.25) is 0 Å². The molecule has 0 amide bonds. The van der Waals surface area contributed by atoms with Crippen molar-refractivity contribution < 1.29 is 9.52 Å². The molecule has 1 aromatic rings.